The van der Waals surface area contributed by atoms with Gasteiger partial charge in [0.25, 0.3) is 0 Å². The van der Waals surface area contributed by atoms with Crippen molar-refractivity contribution in [1.29, 1.82) is 0 Å². The van der Waals surface area contributed by atoms with Crippen LogP contribution in [0.5, 0.6) is 0 Å². The molecule has 2 unspecified atom stereocenters. The number of alkyl halides is 3. The van der Waals surface area contributed by atoms with Crippen molar-refractivity contribution in [2.45, 2.75) is 37.0 Å². The minimum absolute atomic E-state index is 0.0928. The highest BCUT2D eigenvalue weighted by Gasteiger charge is 2.37. The zero-order chi connectivity index (χ0) is 16.7. The lowest BCUT2D eigenvalue weighted by molar-refractivity contribution is -0.137. The van der Waals surface area contributed by atoms with Gasteiger partial charge in [0.1, 0.15) is 0 Å². The monoisotopic (exact) mass is 356 g/mol. The maximum atomic E-state index is 12.8. The average Bonchev–Trinajstić information content (AvgIpc) is 2.40. The number of halogens is 4. The van der Waals surface area contributed by atoms with Gasteiger partial charge < -0.3 is 5.32 Å². The molecule has 1 N–H and O–H groups in total. The van der Waals surface area contributed by atoms with Crippen LogP contribution in [0.15, 0.2) is 23.1 Å². The normalized spacial score (nSPS) is 24.5. The van der Waals surface area contributed by atoms with Crippen LogP contribution in [0.3, 0.4) is 0 Å². The summed E-state index contributed by atoms with van der Waals surface area (Å²) in [5, 5.41) is 2.86. The number of hydrogen-bond acceptors (Lipinski definition) is 3. The molecule has 1 aliphatic heterocycles. The van der Waals surface area contributed by atoms with Crippen LogP contribution in [0.1, 0.15) is 19.4 Å². The standard InChI is InChI=1S/C13H16ClF3N2O2S/c1-8-9(2)19(4-3-18-8)22(20,21)12-6-10(13(15,16)17)5-11(14)7-12/h5-9,18H,3-4H2,1-2H3. The van der Waals surface area contributed by atoms with Gasteiger partial charge >= 0.3 is 6.18 Å². The molecular weight excluding hydrogens is 341 g/mol. The molecule has 0 amide bonds. The molecule has 0 aromatic heterocycles. The summed E-state index contributed by atoms with van der Waals surface area (Å²) in [7, 11) is -4.04. The van der Waals surface area contributed by atoms with Crippen molar-refractivity contribution in [2.24, 2.45) is 0 Å². The highest BCUT2D eigenvalue weighted by molar-refractivity contribution is 7.89. The third kappa shape index (κ3) is 3.40. The lowest BCUT2D eigenvalue weighted by Gasteiger charge is -2.37. The number of rotatable bonds is 2. The second-order valence-corrected chi connectivity index (χ2v) is 7.60. The highest BCUT2D eigenvalue weighted by Crippen LogP contribution is 2.34. The molecule has 1 fully saturated rings. The number of benzene rings is 1. The predicted molar refractivity (Wildman–Crippen MR) is 77.3 cm³/mol. The second kappa shape index (κ2) is 5.99. The SMILES string of the molecule is CC1NCCN(S(=O)(=O)c2cc(Cl)cc(C(F)(F)F)c2)C1C. The van der Waals surface area contributed by atoms with Crippen molar-refractivity contribution in [3.63, 3.8) is 0 Å². The molecule has 0 spiro atoms. The van der Waals surface area contributed by atoms with Gasteiger partial charge in [-0.2, -0.15) is 17.5 Å². The van der Waals surface area contributed by atoms with Crippen molar-refractivity contribution in [2.75, 3.05) is 13.1 Å². The third-order valence-corrected chi connectivity index (χ3v) is 5.96. The second-order valence-electron chi connectivity index (χ2n) is 5.27. The molecule has 124 valence electrons. The van der Waals surface area contributed by atoms with E-state index in [4.69, 9.17) is 11.6 Å². The molecule has 1 aromatic rings. The molecule has 0 saturated carbocycles. The molecule has 0 radical (unpaired) electrons. The number of nitrogens with zero attached hydrogens (tertiary/aromatic N) is 1. The number of nitrogens with one attached hydrogen (secondary N) is 1. The van der Waals surface area contributed by atoms with Gasteiger partial charge in [0.05, 0.1) is 10.5 Å². The third-order valence-electron chi connectivity index (χ3n) is 3.78. The first-order chi connectivity index (χ1) is 10.0. The first-order valence-corrected chi connectivity index (χ1v) is 8.48. The number of sulfonamides is 1. The molecule has 1 aliphatic rings. The molecule has 0 aliphatic carbocycles. The maximum absolute atomic E-state index is 12.8. The van der Waals surface area contributed by atoms with Gasteiger partial charge in [-0.1, -0.05) is 11.6 Å². The fraction of sp³-hybridized carbons (Fsp3) is 0.538. The van der Waals surface area contributed by atoms with Crippen molar-refractivity contribution in [1.82, 2.24) is 9.62 Å². The summed E-state index contributed by atoms with van der Waals surface area (Å²) in [6.07, 6.45) is -4.66. The minimum atomic E-state index is -4.66. The average molecular weight is 357 g/mol. The first kappa shape index (κ1) is 17.5. The van der Waals surface area contributed by atoms with Crippen LogP contribution in [-0.4, -0.2) is 37.9 Å². The van der Waals surface area contributed by atoms with Gasteiger partial charge in [-0.3, -0.25) is 0 Å². The van der Waals surface area contributed by atoms with Gasteiger partial charge in [-0.05, 0) is 32.0 Å². The minimum Gasteiger partial charge on any atom is -0.311 e. The topological polar surface area (TPSA) is 49.4 Å². The lowest BCUT2D eigenvalue weighted by Crippen LogP contribution is -2.57. The van der Waals surface area contributed by atoms with Crippen LogP contribution in [0.25, 0.3) is 0 Å². The summed E-state index contributed by atoms with van der Waals surface area (Å²) >= 11 is 5.67. The Hall–Kier alpha value is -0.830. The lowest BCUT2D eigenvalue weighted by atomic mass is 10.1. The zero-order valence-electron chi connectivity index (χ0n) is 12.0. The fourth-order valence-electron chi connectivity index (χ4n) is 2.38. The summed E-state index contributed by atoms with van der Waals surface area (Å²) in [4.78, 5) is -0.437. The quantitative estimate of drug-likeness (QED) is 0.886. The van der Waals surface area contributed by atoms with Gasteiger partial charge in [0, 0.05) is 30.2 Å². The molecule has 2 atom stereocenters. The molecule has 4 nitrogen and oxygen atoms in total. The summed E-state index contributed by atoms with van der Waals surface area (Å²) in [5.74, 6) is 0. The van der Waals surface area contributed by atoms with Crippen LogP contribution >= 0.6 is 11.6 Å². The van der Waals surface area contributed by atoms with Crippen molar-refractivity contribution < 1.29 is 21.6 Å². The van der Waals surface area contributed by atoms with Gasteiger partial charge in [-0.25, -0.2) is 8.42 Å². The Balaban J connectivity index is 2.48. The van der Waals surface area contributed by atoms with Crippen molar-refractivity contribution in [3.05, 3.63) is 28.8 Å². The molecule has 9 heteroatoms. The summed E-state index contributed by atoms with van der Waals surface area (Å²) in [6, 6.07) is 1.92. The molecular formula is C13H16ClF3N2O2S. The van der Waals surface area contributed by atoms with Crippen LogP contribution in [0, 0.1) is 0 Å². The van der Waals surface area contributed by atoms with Gasteiger partial charge in [-0.15, -0.1) is 0 Å². The van der Waals surface area contributed by atoms with Gasteiger partial charge in [0.15, 0.2) is 0 Å². The van der Waals surface area contributed by atoms with E-state index in [0.29, 0.717) is 18.7 Å². The van der Waals surface area contributed by atoms with E-state index in [1.165, 1.54) is 4.31 Å². The Bertz CT molecular complexity index is 664. The maximum Gasteiger partial charge on any atom is 0.416 e. The molecule has 1 heterocycles. The van der Waals surface area contributed by atoms with Crippen molar-refractivity contribution in [3.8, 4) is 0 Å². The smallest absolute Gasteiger partial charge is 0.311 e. The van der Waals surface area contributed by atoms with Gasteiger partial charge in [0.2, 0.25) is 10.0 Å². The Morgan fingerprint density at radius 2 is 1.91 bits per heavy atom. The molecule has 2 rings (SSSR count). The van der Waals surface area contributed by atoms with Crippen LogP contribution in [0.2, 0.25) is 5.02 Å². The van der Waals surface area contributed by atoms with E-state index in [1.54, 1.807) is 6.92 Å². The molecule has 1 saturated heterocycles. The molecule has 1 aromatic carbocycles. The number of hydrogen-bond donors (Lipinski definition) is 1. The largest absolute Gasteiger partial charge is 0.416 e. The molecule has 0 bridgehead atoms. The van der Waals surface area contributed by atoms with Crippen LogP contribution in [0.4, 0.5) is 13.2 Å². The zero-order valence-corrected chi connectivity index (χ0v) is 13.6. The Kier molecular flexibility index (Phi) is 4.77. The van der Waals surface area contributed by atoms with E-state index in [-0.39, 0.29) is 23.7 Å². The highest BCUT2D eigenvalue weighted by atomic mass is 35.5. The van der Waals surface area contributed by atoms with Crippen molar-refractivity contribution >= 4 is 21.6 Å². The summed E-state index contributed by atoms with van der Waals surface area (Å²) in [6.45, 7) is 4.17. The van der Waals surface area contributed by atoms with E-state index in [0.717, 1.165) is 6.07 Å². The first-order valence-electron chi connectivity index (χ1n) is 6.66. The van der Waals surface area contributed by atoms with Crippen LogP contribution < -0.4 is 5.32 Å². The predicted octanol–water partition coefficient (Wildman–Crippen LogP) is 2.73. The summed E-state index contributed by atoms with van der Waals surface area (Å²) < 4.78 is 65.0. The molecule has 22 heavy (non-hydrogen) atoms. The van der Waals surface area contributed by atoms with E-state index in [1.807, 2.05) is 6.92 Å². The van der Waals surface area contributed by atoms with E-state index in [9.17, 15) is 21.6 Å². The van der Waals surface area contributed by atoms with Crippen LogP contribution in [-0.2, 0) is 16.2 Å². The number of piperazine rings is 1. The van der Waals surface area contributed by atoms with E-state index >= 15 is 0 Å². The van der Waals surface area contributed by atoms with E-state index in [2.05, 4.69) is 5.32 Å². The Labute approximate surface area is 132 Å². The summed E-state index contributed by atoms with van der Waals surface area (Å²) in [5.41, 5.74) is -1.07. The van der Waals surface area contributed by atoms with E-state index < -0.39 is 26.7 Å². The fourth-order valence-corrected chi connectivity index (χ4v) is 4.45. The Morgan fingerprint density at radius 3 is 2.50 bits per heavy atom. The Morgan fingerprint density at radius 1 is 1.27 bits per heavy atom.